The molecule has 1 aromatic carbocycles. The Bertz CT molecular complexity index is 496. The molecule has 1 aliphatic heterocycles. The molecular weight excluding hydrogens is 306 g/mol. The fourth-order valence-electron chi connectivity index (χ4n) is 2.21. The van der Waals surface area contributed by atoms with Crippen molar-refractivity contribution in [2.24, 2.45) is 5.73 Å². The minimum atomic E-state index is -0.560. The van der Waals surface area contributed by atoms with Crippen LogP contribution >= 0.6 is 12.4 Å². The predicted octanol–water partition coefficient (Wildman–Crippen LogP) is 0.551. The maximum atomic E-state index is 11.9. The standard InChI is InChI=1S/C15H21N3O3.ClH/c1-11(16)15(20)17-12-9-14(19)18(10-12)7-8-21-13-5-3-2-4-6-13;/h2-6,11-12H,7-10,16H2,1H3,(H,17,20);1H/t11-,12?;/m0./s1. The first kappa shape index (κ1) is 18.3. The summed E-state index contributed by atoms with van der Waals surface area (Å²) >= 11 is 0. The minimum absolute atomic E-state index is 0. The highest BCUT2D eigenvalue weighted by Crippen LogP contribution is 2.12. The number of nitrogens with two attached hydrogens (primary N) is 1. The largest absolute Gasteiger partial charge is 0.492 e. The second-order valence-corrected chi connectivity index (χ2v) is 5.20. The van der Waals surface area contributed by atoms with Gasteiger partial charge in [0, 0.05) is 13.0 Å². The number of amides is 2. The molecular formula is C15H22ClN3O3. The SMILES string of the molecule is C[C@H](N)C(=O)NC1CC(=O)N(CCOc2ccccc2)C1.Cl. The highest BCUT2D eigenvalue weighted by molar-refractivity contribution is 5.85. The van der Waals surface area contributed by atoms with Crippen molar-refractivity contribution >= 4 is 24.2 Å². The van der Waals surface area contributed by atoms with E-state index in [0.717, 1.165) is 5.75 Å². The fourth-order valence-corrected chi connectivity index (χ4v) is 2.21. The molecule has 1 unspecified atom stereocenters. The second kappa shape index (κ2) is 8.60. The van der Waals surface area contributed by atoms with Gasteiger partial charge in [-0.15, -0.1) is 12.4 Å². The average Bonchev–Trinajstić information content (AvgIpc) is 2.80. The van der Waals surface area contributed by atoms with Crippen molar-refractivity contribution in [2.45, 2.75) is 25.4 Å². The Kier molecular flexibility index (Phi) is 7.14. The Labute approximate surface area is 136 Å². The summed E-state index contributed by atoms with van der Waals surface area (Å²) in [5.41, 5.74) is 5.50. The van der Waals surface area contributed by atoms with Crippen LogP contribution in [0.2, 0.25) is 0 Å². The van der Waals surface area contributed by atoms with Gasteiger partial charge in [-0.3, -0.25) is 9.59 Å². The average molecular weight is 328 g/mol. The number of para-hydroxylation sites is 1. The van der Waals surface area contributed by atoms with Crippen molar-refractivity contribution in [2.75, 3.05) is 19.7 Å². The van der Waals surface area contributed by atoms with Gasteiger partial charge in [-0.1, -0.05) is 18.2 Å². The van der Waals surface area contributed by atoms with Crippen molar-refractivity contribution in [3.8, 4) is 5.75 Å². The van der Waals surface area contributed by atoms with Crippen molar-refractivity contribution in [1.82, 2.24) is 10.2 Å². The lowest BCUT2D eigenvalue weighted by Gasteiger charge is -2.18. The lowest BCUT2D eigenvalue weighted by atomic mass is 10.2. The summed E-state index contributed by atoms with van der Waals surface area (Å²) in [5.74, 6) is 0.586. The van der Waals surface area contributed by atoms with Crippen LogP contribution in [-0.2, 0) is 9.59 Å². The van der Waals surface area contributed by atoms with Gasteiger partial charge in [-0.25, -0.2) is 0 Å². The van der Waals surface area contributed by atoms with Crippen molar-refractivity contribution in [3.63, 3.8) is 0 Å². The number of rotatable bonds is 6. The Morgan fingerprint density at radius 3 is 2.77 bits per heavy atom. The van der Waals surface area contributed by atoms with Crippen LogP contribution in [0.3, 0.4) is 0 Å². The molecule has 1 heterocycles. The lowest BCUT2D eigenvalue weighted by molar-refractivity contribution is -0.128. The van der Waals surface area contributed by atoms with Crippen molar-refractivity contribution in [3.05, 3.63) is 30.3 Å². The number of benzene rings is 1. The Morgan fingerprint density at radius 1 is 1.45 bits per heavy atom. The van der Waals surface area contributed by atoms with E-state index in [-0.39, 0.29) is 30.3 Å². The molecule has 1 aromatic rings. The number of nitrogens with zero attached hydrogens (tertiary/aromatic N) is 1. The topological polar surface area (TPSA) is 84.7 Å². The molecule has 6 nitrogen and oxygen atoms in total. The van der Waals surface area contributed by atoms with Gasteiger partial charge in [0.25, 0.3) is 0 Å². The molecule has 0 bridgehead atoms. The summed E-state index contributed by atoms with van der Waals surface area (Å²) in [6, 6.07) is 8.74. The maximum absolute atomic E-state index is 11.9. The highest BCUT2D eigenvalue weighted by Gasteiger charge is 2.30. The van der Waals surface area contributed by atoms with Crippen molar-refractivity contribution < 1.29 is 14.3 Å². The van der Waals surface area contributed by atoms with E-state index in [2.05, 4.69) is 5.32 Å². The summed E-state index contributed by atoms with van der Waals surface area (Å²) in [5, 5.41) is 2.78. The first-order valence-corrected chi connectivity index (χ1v) is 7.08. The smallest absolute Gasteiger partial charge is 0.236 e. The number of carbonyl (C=O) groups excluding carboxylic acids is 2. The van der Waals surface area contributed by atoms with Crippen LogP contribution in [0.15, 0.2) is 30.3 Å². The molecule has 2 rings (SSSR count). The fraction of sp³-hybridized carbons (Fsp3) is 0.467. The van der Waals surface area contributed by atoms with Gasteiger partial charge in [0.05, 0.1) is 18.6 Å². The molecule has 0 aliphatic carbocycles. The van der Waals surface area contributed by atoms with E-state index in [9.17, 15) is 9.59 Å². The molecule has 7 heteroatoms. The molecule has 2 atom stereocenters. The van der Waals surface area contributed by atoms with Gasteiger partial charge >= 0.3 is 0 Å². The number of hydrogen-bond acceptors (Lipinski definition) is 4. The molecule has 1 fully saturated rings. The minimum Gasteiger partial charge on any atom is -0.492 e. The lowest BCUT2D eigenvalue weighted by Crippen LogP contribution is -2.45. The molecule has 2 amide bonds. The quantitative estimate of drug-likeness (QED) is 0.799. The maximum Gasteiger partial charge on any atom is 0.236 e. The highest BCUT2D eigenvalue weighted by atomic mass is 35.5. The summed E-state index contributed by atoms with van der Waals surface area (Å²) in [7, 11) is 0. The van der Waals surface area contributed by atoms with Gasteiger partial charge in [0.1, 0.15) is 12.4 Å². The number of nitrogens with one attached hydrogen (secondary N) is 1. The van der Waals surface area contributed by atoms with Crippen LogP contribution in [0, 0.1) is 0 Å². The van der Waals surface area contributed by atoms with Crippen LogP contribution in [0.4, 0.5) is 0 Å². The summed E-state index contributed by atoms with van der Waals surface area (Å²) in [4.78, 5) is 25.1. The van der Waals surface area contributed by atoms with Crippen LogP contribution in [-0.4, -0.2) is 48.5 Å². The number of halogens is 1. The number of carbonyl (C=O) groups is 2. The first-order valence-electron chi connectivity index (χ1n) is 7.08. The van der Waals surface area contributed by atoms with E-state index in [1.165, 1.54) is 0 Å². The van der Waals surface area contributed by atoms with Gasteiger partial charge < -0.3 is 20.7 Å². The van der Waals surface area contributed by atoms with E-state index in [4.69, 9.17) is 10.5 Å². The number of likely N-dealkylation sites (tertiary alicyclic amines) is 1. The van der Waals surface area contributed by atoms with Gasteiger partial charge in [-0.05, 0) is 19.1 Å². The number of ether oxygens (including phenoxy) is 1. The van der Waals surface area contributed by atoms with Crippen LogP contribution in [0.1, 0.15) is 13.3 Å². The first-order chi connectivity index (χ1) is 10.1. The number of hydrogen-bond donors (Lipinski definition) is 2. The zero-order valence-electron chi connectivity index (χ0n) is 12.5. The molecule has 0 saturated carbocycles. The molecule has 1 saturated heterocycles. The molecule has 0 radical (unpaired) electrons. The molecule has 0 spiro atoms. The van der Waals surface area contributed by atoms with Crippen LogP contribution < -0.4 is 15.8 Å². The van der Waals surface area contributed by atoms with E-state index < -0.39 is 6.04 Å². The third kappa shape index (κ3) is 5.20. The Balaban J connectivity index is 0.00000242. The third-order valence-corrected chi connectivity index (χ3v) is 3.35. The predicted molar refractivity (Wildman–Crippen MR) is 86.0 cm³/mol. The van der Waals surface area contributed by atoms with E-state index in [0.29, 0.717) is 26.1 Å². The van der Waals surface area contributed by atoms with Crippen LogP contribution in [0.5, 0.6) is 5.75 Å². The summed E-state index contributed by atoms with van der Waals surface area (Å²) in [6.45, 7) is 3.08. The third-order valence-electron chi connectivity index (χ3n) is 3.35. The summed E-state index contributed by atoms with van der Waals surface area (Å²) < 4.78 is 5.57. The monoisotopic (exact) mass is 327 g/mol. The van der Waals surface area contributed by atoms with Gasteiger partial charge in [0.2, 0.25) is 11.8 Å². The zero-order valence-corrected chi connectivity index (χ0v) is 13.3. The molecule has 3 N–H and O–H groups in total. The second-order valence-electron chi connectivity index (χ2n) is 5.20. The van der Waals surface area contributed by atoms with Gasteiger partial charge in [-0.2, -0.15) is 0 Å². The molecule has 1 aliphatic rings. The molecule has 122 valence electrons. The summed E-state index contributed by atoms with van der Waals surface area (Å²) in [6.07, 6.45) is 0.323. The Morgan fingerprint density at radius 2 is 2.14 bits per heavy atom. The molecule has 22 heavy (non-hydrogen) atoms. The van der Waals surface area contributed by atoms with Crippen LogP contribution in [0.25, 0.3) is 0 Å². The molecule has 0 aromatic heterocycles. The van der Waals surface area contributed by atoms with Crippen molar-refractivity contribution in [1.29, 1.82) is 0 Å². The normalized spacial score (nSPS) is 18.5. The van der Waals surface area contributed by atoms with Gasteiger partial charge in [0.15, 0.2) is 0 Å². The van der Waals surface area contributed by atoms with E-state index in [1.54, 1.807) is 11.8 Å². The Hall–Kier alpha value is -1.79. The van der Waals surface area contributed by atoms with E-state index in [1.807, 2.05) is 30.3 Å². The zero-order chi connectivity index (χ0) is 15.2. The van der Waals surface area contributed by atoms with E-state index >= 15 is 0 Å².